The van der Waals surface area contributed by atoms with Gasteiger partial charge in [0.15, 0.2) is 0 Å². The fourth-order valence-corrected chi connectivity index (χ4v) is 5.28. The van der Waals surface area contributed by atoms with E-state index in [-0.39, 0.29) is 0 Å². The summed E-state index contributed by atoms with van der Waals surface area (Å²) in [6.07, 6.45) is 2.87. The number of benzene rings is 3. The molecular weight excluding hydrogens is 460 g/mol. The van der Waals surface area contributed by atoms with Gasteiger partial charge in [-0.1, -0.05) is 66.7 Å². The van der Waals surface area contributed by atoms with Crippen LogP contribution >= 0.6 is 0 Å². The zero-order valence-corrected chi connectivity index (χ0v) is 20.5. The lowest BCUT2D eigenvalue weighted by atomic mass is 9.98. The van der Waals surface area contributed by atoms with Gasteiger partial charge in [-0.25, -0.2) is 9.78 Å². The van der Waals surface area contributed by atoms with Gasteiger partial charge in [0.05, 0.1) is 17.3 Å². The summed E-state index contributed by atoms with van der Waals surface area (Å²) < 4.78 is 7.83. The Balaban J connectivity index is 1.45. The Morgan fingerprint density at radius 3 is 2.35 bits per heavy atom. The molecule has 0 fully saturated rings. The van der Waals surface area contributed by atoms with E-state index < -0.39 is 12.0 Å². The van der Waals surface area contributed by atoms with E-state index in [1.165, 1.54) is 11.1 Å². The first-order valence-corrected chi connectivity index (χ1v) is 12.4. The lowest BCUT2D eigenvalue weighted by molar-refractivity contribution is -0.140. The first-order valence-electron chi connectivity index (χ1n) is 12.4. The molecule has 4 aromatic rings. The van der Waals surface area contributed by atoms with Gasteiger partial charge in [-0.3, -0.25) is 0 Å². The highest BCUT2D eigenvalue weighted by atomic mass is 16.4. The number of fused-ring (bicyclic) bond motifs is 2. The van der Waals surface area contributed by atoms with E-state index in [0.717, 1.165) is 45.5 Å². The highest BCUT2D eigenvalue weighted by Crippen LogP contribution is 2.41. The molecule has 182 valence electrons. The van der Waals surface area contributed by atoms with Gasteiger partial charge < -0.3 is 14.1 Å². The predicted molar refractivity (Wildman–Crippen MR) is 145 cm³/mol. The van der Waals surface area contributed by atoms with Crippen LogP contribution < -0.4 is 0 Å². The summed E-state index contributed by atoms with van der Waals surface area (Å²) >= 11 is 0. The van der Waals surface area contributed by atoms with Crippen molar-refractivity contribution in [2.75, 3.05) is 0 Å². The Labute approximate surface area is 215 Å². The van der Waals surface area contributed by atoms with Gasteiger partial charge in [-0.05, 0) is 65.9 Å². The molecule has 1 aromatic heterocycles. The van der Waals surface area contributed by atoms with Gasteiger partial charge in [0.1, 0.15) is 17.6 Å². The quantitative estimate of drug-likeness (QED) is 0.260. The Hall–Kier alpha value is -4.64. The number of rotatable bonds is 7. The minimum atomic E-state index is -0.874. The van der Waals surface area contributed by atoms with Crippen LogP contribution in [0, 0.1) is 6.92 Å². The van der Waals surface area contributed by atoms with Crippen molar-refractivity contribution in [1.82, 2.24) is 9.55 Å². The van der Waals surface area contributed by atoms with Crippen LogP contribution in [0.4, 0.5) is 0 Å². The van der Waals surface area contributed by atoms with Crippen LogP contribution in [-0.4, -0.2) is 20.6 Å². The number of carbonyl (C=O) groups is 1. The molecule has 1 aliphatic carbocycles. The molecule has 37 heavy (non-hydrogen) atoms. The van der Waals surface area contributed by atoms with Crippen LogP contribution in [0.2, 0.25) is 0 Å². The van der Waals surface area contributed by atoms with Crippen LogP contribution in [0.1, 0.15) is 28.6 Å². The number of carboxylic acids is 1. The number of imidazole rings is 1. The first kappa shape index (κ1) is 22.8. The first-order chi connectivity index (χ1) is 18.1. The van der Waals surface area contributed by atoms with Crippen LogP contribution in [0.15, 0.2) is 108 Å². The topological polar surface area (TPSA) is 68.3 Å². The van der Waals surface area contributed by atoms with Gasteiger partial charge in [0.2, 0.25) is 0 Å². The summed E-state index contributed by atoms with van der Waals surface area (Å²) in [5, 5.41) is 10.1. The number of carboxylic acid groups (broad SMARTS) is 1. The van der Waals surface area contributed by atoms with Gasteiger partial charge in [0.25, 0.3) is 0 Å². The zero-order chi connectivity index (χ0) is 25.4. The second-order valence-corrected chi connectivity index (χ2v) is 9.38. The Bertz CT molecular complexity index is 1670. The predicted octanol–water partition coefficient (Wildman–Crippen LogP) is 7.17. The molecule has 2 aliphatic rings. The van der Waals surface area contributed by atoms with Crippen molar-refractivity contribution in [1.29, 1.82) is 0 Å². The summed E-state index contributed by atoms with van der Waals surface area (Å²) in [4.78, 5) is 17.1. The summed E-state index contributed by atoms with van der Waals surface area (Å²) in [5.74, 6) is 0.648. The maximum absolute atomic E-state index is 12.4. The molecule has 1 unspecified atom stereocenters. The Morgan fingerprint density at radius 1 is 0.892 bits per heavy atom. The van der Waals surface area contributed by atoms with Crippen molar-refractivity contribution in [3.05, 3.63) is 126 Å². The third-order valence-electron chi connectivity index (χ3n) is 6.94. The smallest absolute Gasteiger partial charge is 0.327 e. The van der Waals surface area contributed by atoms with Gasteiger partial charge in [-0.2, -0.15) is 0 Å². The van der Waals surface area contributed by atoms with E-state index in [1.807, 2.05) is 72.2 Å². The normalized spacial score (nSPS) is 12.2. The summed E-state index contributed by atoms with van der Waals surface area (Å²) in [6.45, 7) is 1.87. The minimum Gasteiger partial charge on any atom is -0.480 e. The molecular formula is C32H26N2O3. The summed E-state index contributed by atoms with van der Waals surface area (Å²) in [7, 11) is 0. The molecule has 1 N–H and O–H groups in total. The Kier molecular flexibility index (Phi) is 5.81. The molecule has 0 bridgehead atoms. The molecule has 0 saturated heterocycles. The molecule has 0 amide bonds. The molecule has 3 aromatic carbocycles. The van der Waals surface area contributed by atoms with Crippen LogP contribution in [0.25, 0.3) is 33.5 Å². The lowest BCUT2D eigenvalue weighted by Crippen LogP contribution is -2.22. The van der Waals surface area contributed by atoms with E-state index in [9.17, 15) is 9.90 Å². The largest absolute Gasteiger partial charge is 0.480 e. The summed E-state index contributed by atoms with van der Waals surface area (Å²) in [5.41, 5.74) is 8.06. The molecule has 6 rings (SSSR count). The van der Waals surface area contributed by atoms with E-state index in [2.05, 4.69) is 36.4 Å². The van der Waals surface area contributed by atoms with Crippen molar-refractivity contribution in [3.8, 4) is 22.5 Å². The fourth-order valence-electron chi connectivity index (χ4n) is 5.28. The van der Waals surface area contributed by atoms with Crippen molar-refractivity contribution in [3.63, 3.8) is 0 Å². The number of aliphatic carboxylic acids is 1. The highest BCUT2D eigenvalue weighted by Gasteiger charge is 2.26. The maximum Gasteiger partial charge on any atom is 0.327 e. The second-order valence-electron chi connectivity index (χ2n) is 9.38. The van der Waals surface area contributed by atoms with Crippen molar-refractivity contribution >= 4 is 17.0 Å². The lowest BCUT2D eigenvalue weighted by Gasteiger charge is -2.17. The van der Waals surface area contributed by atoms with E-state index in [1.54, 1.807) is 6.26 Å². The van der Waals surface area contributed by atoms with Crippen molar-refractivity contribution < 1.29 is 14.3 Å². The van der Waals surface area contributed by atoms with Crippen molar-refractivity contribution in [2.24, 2.45) is 0 Å². The number of aromatic nitrogens is 2. The average Bonchev–Trinajstić information content (AvgIpc) is 3.44. The standard InChI is InChI=1S/C32H26N2O3/c1-21-33-27-20-24(14-15-28(27)34(21)29(32(35)36)18-23-11-6-3-7-12-23)30-26(17-22-9-4-2-5-10-22)19-25-13-8-16-37-31(25)30/h2-16,19-20,29H,17-18H2,1H3,(H,35,36). The average molecular weight is 487 g/mol. The Morgan fingerprint density at radius 2 is 1.62 bits per heavy atom. The third-order valence-corrected chi connectivity index (χ3v) is 6.94. The number of hydrogen-bond acceptors (Lipinski definition) is 3. The molecule has 0 saturated carbocycles. The molecule has 5 heteroatoms. The zero-order valence-electron chi connectivity index (χ0n) is 20.5. The van der Waals surface area contributed by atoms with Gasteiger partial charge in [-0.15, -0.1) is 0 Å². The molecule has 0 spiro atoms. The van der Waals surface area contributed by atoms with E-state index in [0.29, 0.717) is 12.2 Å². The highest BCUT2D eigenvalue weighted by molar-refractivity contribution is 5.91. The number of hydrogen-bond donors (Lipinski definition) is 1. The number of nitrogens with zero attached hydrogens (tertiary/aromatic N) is 2. The second kappa shape index (κ2) is 9.43. The van der Waals surface area contributed by atoms with Crippen molar-refractivity contribution in [2.45, 2.75) is 25.8 Å². The van der Waals surface area contributed by atoms with E-state index >= 15 is 0 Å². The molecule has 1 aliphatic heterocycles. The van der Waals surface area contributed by atoms with E-state index in [4.69, 9.17) is 9.40 Å². The molecule has 1 atom stereocenters. The monoisotopic (exact) mass is 486 g/mol. The van der Waals surface area contributed by atoms with Crippen LogP contribution in [-0.2, 0) is 17.6 Å². The van der Waals surface area contributed by atoms with Crippen LogP contribution in [0.5, 0.6) is 0 Å². The van der Waals surface area contributed by atoms with Gasteiger partial charge in [0, 0.05) is 17.5 Å². The summed E-state index contributed by atoms with van der Waals surface area (Å²) in [6, 6.07) is 31.6. The molecule has 0 radical (unpaired) electrons. The fraction of sp³-hybridized carbons (Fsp3) is 0.125. The minimum absolute atomic E-state index is 0.387. The molecule has 2 heterocycles. The molecule has 5 nitrogen and oxygen atoms in total. The van der Waals surface area contributed by atoms with Crippen LogP contribution in [0.3, 0.4) is 0 Å². The number of aryl methyl sites for hydroxylation is 1. The third kappa shape index (κ3) is 4.29. The maximum atomic E-state index is 12.4. The van der Waals surface area contributed by atoms with Gasteiger partial charge >= 0.3 is 5.97 Å². The SMILES string of the molecule is Cc1nc2cc(-c3c(Cc4ccccc4)cc4cccoc3-4)ccc2n1C(Cc1ccccc1)C(=O)O.